The maximum Gasteiger partial charge on any atom is 0.262 e. The van der Waals surface area contributed by atoms with Crippen molar-refractivity contribution >= 4 is 22.8 Å². The molecule has 0 spiro atoms. The van der Waals surface area contributed by atoms with Crippen LogP contribution in [0.25, 0.3) is 5.57 Å². The van der Waals surface area contributed by atoms with Crippen molar-refractivity contribution in [1.29, 1.82) is 0 Å². The van der Waals surface area contributed by atoms with Gasteiger partial charge in [-0.3, -0.25) is 4.79 Å². The van der Waals surface area contributed by atoms with Crippen LogP contribution in [0.1, 0.15) is 20.8 Å². The number of dihydropyridines is 1. The molecule has 2 aromatic rings. The first-order chi connectivity index (χ1) is 11.1. The quantitative estimate of drug-likeness (QED) is 0.900. The average molecular weight is 332 g/mol. The minimum atomic E-state index is -0.658. The fourth-order valence-electron chi connectivity index (χ4n) is 2.33. The molecule has 23 heavy (non-hydrogen) atoms. The summed E-state index contributed by atoms with van der Waals surface area (Å²) in [5, 5.41) is 7.64. The predicted octanol–water partition coefficient (Wildman–Crippen LogP) is 3.46. The van der Waals surface area contributed by atoms with Crippen molar-refractivity contribution in [2.45, 2.75) is 6.54 Å². The molecule has 1 amide bonds. The zero-order valence-electron chi connectivity index (χ0n) is 12.1. The number of hydrogen-bond donors (Lipinski definition) is 2. The van der Waals surface area contributed by atoms with Crippen LogP contribution in [0.5, 0.6) is 0 Å². The van der Waals surface area contributed by atoms with Crippen LogP contribution in [0.2, 0.25) is 0 Å². The van der Waals surface area contributed by atoms with Crippen LogP contribution in [0.15, 0.2) is 48.0 Å². The highest BCUT2D eigenvalue weighted by molar-refractivity contribution is 7.12. The summed E-state index contributed by atoms with van der Waals surface area (Å²) in [6, 6.07) is 5.09. The van der Waals surface area contributed by atoms with Crippen molar-refractivity contribution < 1.29 is 13.6 Å². The minimum Gasteiger partial charge on any atom is -0.387 e. The summed E-state index contributed by atoms with van der Waals surface area (Å²) in [7, 11) is 0. The van der Waals surface area contributed by atoms with E-state index in [0.717, 1.165) is 23.7 Å². The lowest BCUT2D eigenvalue weighted by Crippen LogP contribution is -2.23. The van der Waals surface area contributed by atoms with E-state index >= 15 is 0 Å². The fourth-order valence-corrected chi connectivity index (χ4v) is 3.16. The van der Waals surface area contributed by atoms with E-state index < -0.39 is 11.6 Å². The normalized spacial score (nSPS) is 13.4. The van der Waals surface area contributed by atoms with Gasteiger partial charge in [-0.05, 0) is 34.7 Å². The summed E-state index contributed by atoms with van der Waals surface area (Å²) in [4.78, 5) is 12.9. The summed E-state index contributed by atoms with van der Waals surface area (Å²) in [5.41, 5.74) is 2.15. The lowest BCUT2D eigenvalue weighted by molar-refractivity contribution is 0.0954. The number of nitrogens with one attached hydrogen (secondary N) is 2. The Morgan fingerprint density at radius 2 is 2.04 bits per heavy atom. The van der Waals surface area contributed by atoms with E-state index in [2.05, 4.69) is 10.6 Å². The molecule has 1 aliphatic rings. The minimum absolute atomic E-state index is 0.0675. The third-order valence-electron chi connectivity index (χ3n) is 3.35. The lowest BCUT2D eigenvalue weighted by atomic mass is 10.1. The smallest absolute Gasteiger partial charge is 0.262 e. The van der Waals surface area contributed by atoms with Crippen LogP contribution in [0.3, 0.4) is 0 Å². The Kier molecular flexibility index (Phi) is 4.52. The SMILES string of the molecule is O=C(NCc1cc(F)cc(F)c1)c1sccc1C1=CNCC=C1. The van der Waals surface area contributed by atoms with E-state index in [1.165, 1.54) is 23.5 Å². The molecule has 118 valence electrons. The van der Waals surface area contributed by atoms with Crippen LogP contribution in [0.4, 0.5) is 8.78 Å². The highest BCUT2D eigenvalue weighted by Gasteiger charge is 2.16. The number of benzene rings is 1. The van der Waals surface area contributed by atoms with Gasteiger partial charge in [0.15, 0.2) is 0 Å². The molecule has 0 unspecified atom stereocenters. The highest BCUT2D eigenvalue weighted by atomic mass is 32.1. The van der Waals surface area contributed by atoms with E-state index in [4.69, 9.17) is 0 Å². The van der Waals surface area contributed by atoms with Crippen molar-refractivity contribution in [3.63, 3.8) is 0 Å². The van der Waals surface area contributed by atoms with E-state index in [1.807, 2.05) is 29.8 Å². The second-order valence-electron chi connectivity index (χ2n) is 5.03. The average Bonchev–Trinajstić information content (AvgIpc) is 3.02. The molecule has 0 fully saturated rings. The van der Waals surface area contributed by atoms with Crippen LogP contribution in [-0.4, -0.2) is 12.5 Å². The van der Waals surface area contributed by atoms with Crippen LogP contribution < -0.4 is 10.6 Å². The van der Waals surface area contributed by atoms with Gasteiger partial charge in [0.25, 0.3) is 5.91 Å². The number of amides is 1. The zero-order valence-corrected chi connectivity index (χ0v) is 12.9. The van der Waals surface area contributed by atoms with Gasteiger partial charge in [0, 0.05) is 30.9 Å². The topological polar surface area (TPSA) is 41.1 Å². The largest absolute Gasteiger partial charge is 0.387 e. The van der Waals surface area contributed by atoms with E-state index in [9.17, 15) is 13.6 Å². The van der Waals surface area contributed by atoms with Gasteiger partial charge >= 0.3 is 0 Å². The molecule has 1 aromatic carbocycles. The summed E-state index contributed by atoms with van der Waals surface area (Å²) >= 11 is 1.33. The highest BCUT2D eigenvalue weighted by Crippen LogP contribution is 2.26. The monoisotopic (exact) mass is 332 g/mol. The van der Waals surface area contributed by atoms with Gasteiger partial charge in [0.05, 0.1) is 4.88 Å². The third kappa shape index (κ3) is 3.65. The molecule has 3 nitrogen and oxygen atoms in total. The number of carbonyl (C=O) groups is 1. The Balaban J connectivity index is 1.73. The maximum absolute atomic E-state index is 13.2. The Labute approximate surface area is 136 Å². The molecule has 2 N–H and O–H groups in total. The molecule has 0 atom stereocenters. The molecule has 3 rings (SSSR count). The lowest BCUT2D eigenvalue weighted by Gasteiger charge is -2.10. The molecule has 0 radical (unpaired) electrons. The summed E-state index contributed by atoms with van der Waals surface area (Å²) in [6.45, 7) is 0.832. The summed E-state index contributed by atoms with van der Waals surface area (Å²) in [5.74, 6) is -1.58. The molecular weight excluding hydrogens is 318 g/mol. The first kappa shape index (κ1) is 15.4. The van der Waals surface area contributed by atoms with Crippen molar-refractivity contribution in [2.75, 3.05) is 6.54 Å². The Morgan fingerprint density at radius 1 is 1.26 bits per heavy atom. The predicted molar refractivity (Wildman–Crippen MR) is 87.0 cm³/mol. The molecule has 0 saturated carbocycles. The first-order valence-corrected chi connectivity index (χ1v) is 7.92. The van der Waals surface area contributed by atoms with Crippen LogP contribution in [0, 0.1) is 11.6 Å². The van der Waals surface area contributed by atoms with Crippen molar-refractivity contribution in [3.8, 4) is 0 Å². The van der Waals surface area contributed by atoms with Crippen LogP contribution in [-0.2, 0) is 6.54 Å². The molecule has 1 aliphatic heterocycles. The van der Waals surface area contributed by atoms with Crippen molar-refractivity contribution in [2.24, 2.45) is 0 Å². The van der Waals surface area contributed by atoms with Crippen molar-refractivity contribution in [1.82, 2.24) is 10.6 Å². The number of allylic oxidation sites excluding steroid dienone is 2. The fraction of sp³-hybridized carbons (Fsp3) is 0.118. The molecule has 0 saturated heterocycles. The van der Waals surface area contributed by atoms with E-state index in [-0.39, 0.29) is 12.5 Å². The number of halogens is 2. The number of rotatable bonds is 4. The Morgan fingerprint density at radius 3 is 2.74 bits per heavy atom. The number of thiophene rings is 1. The Bertz CT molecular complexity index is 775. The van der Waals surface area contributed by atoms with Gasteiger partial charge in [0.2, 0.25) is 0 Å². The van der Waals surface area contributed by atoms with Crippen molar-refractivity contribution in [3.05, 3.63) is 75.6 Å². The molecule has 0 bridgehead atoms. The molecule has 2 heterocycles. The molecule has 1 aromatic heterocycles. The second kappa shape index (κ2) is 6.75. The summed E-state index contributed by atoms with van der Waals surface area (Å²) < 4.78 is 26.3. The Hall–Kier alpha value is -2.47. The molecule has 6 heteroatoms. The number of hydrogen-bond acceptors (Lipinski definition) is 3. The molecular formula is C17H14F2N2OS. The third-order valence-corrected chi connectivity index (χ3v) is 4.26. The number of carbonyl (C=O) groups excluding carboxylic acids is 1. The van der Waals surface area contributed by atoms with Gasteiger partial charge in [-0.1, -0.05) is 12.2 Å². The van der Waals surface area contributed by atoms with Gasteiger partial charge in [-0.2, -0.15) is 0 Å². The van der Waals surface area contributed by atoms with Crippen LogP contribution >= 0.6 is 11.3 Å². The van der Waals surface area contributed by atoms with E-state index in [0.29, 0.717) is 10.4 Å². The molecule has 0 aliphatic carbocycles. The second-order valence-corrected chi connectivity index (χ2v) is 5.95. The zero-order chi connectivity index (χ0) is 16.2. The van der Waals surface area contributed by atoms with Gasteiger partial charge in [-0.15, -0.1) is 11.3 Å². The summed E-state index contributed by atoms with van der Waals surface area (Å²) in [6.07, 6.45) is 5.79. The maximum atomic E-state index is 13.2. The van der Waals surface area contributed by atoms with Gasteiger partial charge in [0.1, 0.15) is 11.6 Å². The van der Waals surface area contributed by atoms with Gasteiger partial charge < -0.3 is 10.6 Å². The van der Waals surface area contributed by atoms with E-state index in [1.54, 1.807) is 0 Å². The standard InChI is InChI=1S/C17H14F2N2OS/c18-13-6-11(7-14(19)8-13)9-21-17(22)16-15(3-5-23-16)12-2-1-4-20-10-12/h1-3,5-8,10,20H,4,9H2,(H,21,22). The van der Waals surface area contributed by atoms with Gasteiger partial charge in [-0.25, -0.2) is 8.78 Å². The first-order valence-electron chi connectivity index (χ1n) is 7.04.